The summed E-state index contributed by atoms with van der Waals surface area (Å²) in [5.41, 5.74) is 5.72. The molecule has 0 unspecified atom stereocenters. The van der Waals surface area contributed by atoms with Crippen molar-refractivity contribution < 1.29 is 9.53 Å². The molecule has 8 nitrogen and oxygen atoms in total. The summed E-state index contributed by atoms with van der Waals surface area (Å²) < 4.78 is 6.60. The normalized spacial score (nSPS) is 10.8. The van der Waals surface area contributed by atoms with Gasteiger partial charge in [-0.15, -0.1) is 0 Å². The van der Waals surface area contributed by atoms with Gasteiger partial charge in [-0.1, -0.05) is 11.6 Å². The number of anilines is 1. The average molecular weight is 285 g/mol. The Morgan fingerprint density at radius 1 is 1.63 bits per heavy atom. The molecule has 0 aromatic carbocycles. The van der Waals surface area contributed by atoms with Crippen LogP contribution in [-0.2, 0) is 9.53 Å². The topological polar surface area (TPSA) is 107 Å². The molecule has 102 valence electrons. The van der Waals surface area contributed by atoms with Crippen molar-refractivity contribution in [1.29, 1.82) is 0 Å². The Labute approximate surface area is 113 Å². The number of rotatable bonds is 6. The minimum absolute atomic E-state index is 0.101. The van der Waals surface area contributed by atoms with Crippen LogP contribution >= 0.6 is 11.6 Å². The van der Waals surface area contributed by atoms with Gasteiger partial charge in [0.15, 0.2) is 0 Å². The maximum absolute atomic E-state index is 10.5. The molecule has 2 heterocycles. The number of carbonyl (C=O) groups is 1. The number of primary amides is 1. The number of amides is 1. The lowest BCUT2D eigenvalue weighted by Gasteiger charge is -2.11. The molecule has 0 spiro atoms. The van der Waals surface area contributed by atoms with Crippen molar-refractivity contribution >= 4 is 29.1 Å². The predicted molar refractivity (Wildman–Crippen MR) is 69.0 cm³/mol. The zero-order chi connectivity index (χ0) is 13.8. The minimum Gasteiger partial charge on any atom is -0.370 e. The Hall–Kier alpha value is -1.93. The number of ether oxygens (including phenoxy) is 1. The maximum Gasteiger partial charge on any atom is 0.255 e. The Bertz CT molecular complexity index is 599. The largest absolute Gasteiger partial charge is 0.370 e. The number of nitrogens with zero attached hydrogens (tertiary/aromatic N) is 4. The SMILES string of the molecule is Cc1c(Cl)nc2ncnn2c1NCCOCC(N)=O. The van der Waals surface area contributed by atoms with Gasteiger partial charge in [0.1, 0.15) is 23.9 Å². The molecular weight excluding hydrogens is 272 g/mol. The number of hydrogen-bond acceptors (Lipinski definition) is 6. The van der Waals surface area contributed by atoms with E-state index in [1.165, 1.54) is 6.33 Å². The number of aromatic nitrogens is 4. The van der Waals surface area contributed by atoms with E-state index in [-0.39, 0.29) is 6.61 Å². The molecule has 0 atom stereocenters. The second-order valence-corrected chi connectivity index (χ2v) is 4.15. The summed E-state index contributed by atoms with van der Waals surface area (Å²) >= 11 is 6.01. The van der Waals surface area contributed by atoms with Gasteiger partial charge in [-0.2, -0.15) is 19.6 Å². The van der Waals surface area contributed by atoms with Crippen molar-refractivity contribution in [1.82, 2.24) is 19.6 Å². The van der Waals surface area contributed by atoms with Gasteiger partial charge < -0.3 is 15.8 Å². The molecule has 2 rings (SSSR count). The third-order valence-corrected chi connectivity index (χ3v) is 2.76. The molecule has 19 heavy (non-hydrogen) atoms. The zero-order valence-corrected chi connectivity index (χ0v) is 11.0. The number of nitrogens with two attached hydrogens (primary N) is 1. The molecule has 0 saturated carbocycles. The van der Waals surface area contributed by atoms with Crippen LogP contribution in [-0.4, -0.2) is 45.2 Å². The van der Waals surface area contributed by atoms with Crippen LogP contribution in [0.5, 0.6) is 0 Å². The van der Waals surface area contributed by atoms with Crippen molar-refractivity contribution in [3.8, 4) is 0 Å². The summed E-state index contributed by atoms with van der Waals surface area (Å²) in [6.07, 6.45) is 1.40. The van der Waals surface area contributed by atoms with Gasteiger partial charge in [0.05, 0.1) is 6.61 Å². The fraction of sp³-hybridized carbons (Fsp3) is 0.400. The zero-order valence-electron chi connectivity index (χ0n) is 10.3. The van der Waals surface area contributed by atoms with E-state index in [0.717, 1.165) is 5.56 Å². The minimum atomic E-state index is -0.498. The molecular formula is C10H13ClN6O2. The highest BCUT2D eigenvalue weighted by Gasteiger charge is 2.11. The van der Waals surface area contributed by atoms with Crippen LogP contribution in [0.2, 0.25) is 5.15 Å². The molecule has 2 aromatic heterocycles. The van der Waals surface area contributed by atoms with Crippen molar-refractivity contribution in [2.24, 2.45) is 5.73 Å². The maximum atomic E-state index is 10.5. The summed E-state index contributed by atoms with van der Waals surface area (Å²) in [4.78, 5) is 18.6. The van der Waals surface area contributed by atoms with Crippen LogP contribution < -0.4 is 11.1 Å². The van der Waals surface area contributed by atoms with Gasteiger partial charge in [-0.05, 0) is 6.92 Å². The molecule has 0 fully saturated rings. The van der Waals surface area contributed by atoms with Crippen LogP contribution in [0.4, 0.5) is 5.82 Å². The number of halogens is 1. The monoisotopic (exact) mass is 284 g/mol. The smallest absolute Gasteiger partial charge is 0.255 e. The predicted octanol–water partition coefficient (Wildman–Crippen LogP) is -0.0000800. The van der Waals surface area contributed by atoms with E-state index in [1.807, 2.05) is 6.92 Å². The van der Waals surface area contributed by atoms with Gasteiger partial charge in [0.25, 0.3) is 5.78 Å². The molecule has 0 aliphatic rings. The molecule has 0 aliphatic carbocycles. The molecule has 0 radical (unpaired) electrons. The highest BCUT2D eigenvalue weighted by atomic mass is 35.5. The third kappa shape index (κ3) is 3.09. The molecule has 0 bridgehead atoms. The Morgan fingerprint density at radius 3 is 3.16 bits per heavy atom. The fourth-order valence-corrected chi connectivity index (χ4v) is 1.68. The van der Waals surface area contributed by atoms with E-state index in [4.69, 9.17) is 22.1 Å². The van der Waals surface area contributed by atoms with Gasteiger partial charge in [-0.3, -0.25) is 4.79 Å². The van der Waals surface area contributed by atoms with Crippen LogP contribution in [0.15, 0.2) is 6.33 Å². The second kappa shape index (κ2) is 5.81. The van der Waals surface area contributed by atoms with E-state index >= 15 is 0 Å². The summed E-state index contributed by atoms with van der Waals surface area (Å²) in [6.45, 7) is 2.53. The second-order valence-electron chi connectivity index (χ2n) is 3.79. The number of hydrogen-bond donors (Lipinski definition) is 2. The van der Waals surface area contributed by atoms with Gasteiger partial charge in [-0.25, -0.2) is 0 Å². The molecule has 9 heteroatoms. The summed E-state index contributed by atoms with van der Waals surface area (Å²) in [6, 6.07) is 0. The van der Waals surface area contributed by atoms with E-state index in [9.17, 15) is 4.79 Å². The first-order valence-electron chi connectivity index (χ1n) is 5.55. The Kier molecular flexibility index (Phi) is 4.13. The van der Waals surface area contributed by atoms with Crippen LogP contribution in [0.25, 0.3) is 5.78 Å². The molecule has 1 amide bonds. The summed E-state index contributed by atoms with van der Waals surface area (Å²) in [5, 5.41) is 7.53. The molecule has 2 aromatic rings. The van der Waals surface area contributed by atoms with Crippen LogP contribution in [0, 0.1) is 6.92 Å². The summed E-state index contributed by atoms with van der Waals surface area (Å²) in [5.74, 6) is 0.605. The van der Waals surface area contributed by atoms with E-state index in [1.54, 1.807) is 4.52 Å². The first-order chi connectivity index (χ1) is 9.09. The van der Waals surface area contributed by atoms with Crippen molar-refractivity contribution in [2.75, 3.05) is 25.1 Å². The number of nitrogens with one attached hydrogen (secondary N) is 1. The quantitative estimate of drug-likeness (QED) is 0.571. The van der Waals surface area contributed by atoms with Crippen LogP contribution in [0.1, 0.15) is 5.56 Å². The van der Waals surface area contributed by atoms with Crippen molar-refractivity contribution in [3.05, 3.63) is 17.0 Å². The molecule has 0 aliphatic heterocycles. The van der Waals surface area contributed by atoms with Gasteiger partial charge in [0.2, 0.25) is 5.91 Å². The van der Waals surface area contributed by atoms with E-state index < -0.39 is 5.91 Å². The lowest BCUT2D eigenvalue weighted by atomic mass is 10.3. The average Bonchev–Trinajstić information content (AvgIpc) is 2.80. The highest BCUT2D eigenvalue weighted by molar-refractivity contribution is 6.30. The number of fused-ring (bicyclic) bond motifs is 1. The highest BCUT2D eigenvalue weighted by Crippen LogP contribution is 2.21. The number of carbonyl (C=O) groups excluding carboxylic acids is 1. The lowest BCUT2D eigenvalue weighted by Crippen LogP contribution is -2.21. The standard InChI is InChI=1S/C10H13ClN6O2/c1-6-8(11)16-10-14-5-15-17(10)9(6)13-2-3-19-4-7(12)18/h5,13H,2-4H2,1H3,(H2,12,18). The van der Waals surface area contributed by atoms with Crippen LogP contribution in [0.3, 0.4) is 0 Å². The van der Waals surface area contributed by atoms with Gasteiger partial charge >= 0.3 is 0 Å². The summed E-state index contributed by atoms with van der Waals surface area (Å²) in [7, 11) is 0. The fourth-order valence-electron chi connectivity index (χ4n) is 1.52. The van der Waals surface area contributed by atoms with E-state index in [0.29, 0.717) is 29.9 Å². The van der Waals surface area contributed by atoms with Crippen molar-refractivity contribution in [3.63, 3.8) is 0 Å². The van der Waals surface area contributed by atoms with Gasteiger partial charge in [0, 0.05) is 12.1 Å². The van der Waals surface area contributed by atoms with Crippen molar-refractivity contribution in [2.45, 2.75) is 6.92 Å². The lowest BCUT2D eigenvalue weighted by molar-refractivity contribution is -0.122. The molecule has 0 saturated heterocycles. The Balaban J connectivity index is 2.05. The van der Waals surface area contributed by atoms with E-state index in [2.05, 4.69) is 20.4 Å². The molecule has 3 N–H and O–H groups in total. The Morgan fingerprint density at radius 2 is 2.42 bits per heavy atom. The first-order valence-corrected chi connectivity index (χ1v) is 5.93. The third-order valence-electron chi connectivity index (χ3n) is 2.39. The first kappa shape index (κ1) is 13.5.